The maximum atomic E-state index is 13.0. The number of hydrogen-bond donors (Lipinski definition) is 2. The average molecular weight is 466 g/mol. The summed E-state index contributed by atoms with van der Waals surface area (Å²) in [5.41, 5.74) is 15.2. The lowest BCUT2D eigenvalue weighted by molar-refractivity contribution is 0.1000. The first kappa shape index (κ1) is 21.3. The number of halogens is 2. The van der Waals surface area contributed by atoms with Crippen molar-refractivity contribution in [2.75, 3.05) is 31.1 Å². The summed E-state index contributed by atoms with van der Waals surface area (Å²) in [7, 11) is 0. The highest BCUT2D eigenvalue weighted by Crippen LogP contribution is 2.53. The SMILES string of the molecule is CCc1c2c(c(-c3cccc(Cl)c3Cl)c(N3CCNCC3)c1C(N)=O)-c1ccccc1C2. The Morgan fingerprint density at radius 3 is 2.47 bits per heavy atom. The van der Waals surface area contributed by atoms with Crippen molar-refractivity contribution in [1.29, 1.82) is 0 Å². The van der Waals surface area contributed by atoms with Crippen LogP contribution in [0.1, 0.15) is 34.0 Å². The second kappa shape index (κ2) is 8.43. The van der Waals surface area contributed by atoms with Crippen molar-refractivity contribution in [2.45, 2.75) is 19.8 Å². The third kappa shape index (κ3) is 3.29. The van der Waals surface area contributed by atoms with Crippen LogP contribution in [0.3, 0.4) is 0 Å². The van der Waals surface area contributed by atoms with E-state index in [1.165, 1.54) is 16.7 Å². The fraction of sp³-hybridized carbons (Fsp3) is 0.269. The van der Waals surface area contributed by atoms with Crippen molar-refractivity contribution in [3.8, 4) is 22.3 Å². The molecule has 0 spiro atoms. The Morgan fingerprint density at radius 2 is 1.75 bits per heavy atom. The molecule has 1 fully saturated rings. The van der Waals surface area contributed by atoms with Crippen LogP contribution < -0.4 is 16.0 Å². The van der Waals surface area contributed by atoms with Gasteiger partial charge in [-0.3, -0.25) is 4.79 Å². The average Bonchev–Trinajstić information content (AvgIpc) is 3.19. The molecule has 32 heavy (non-hydrogen) atoms. The quantitative estimate of drug-likeness (QED) is 0.429. The molecule has 1 aliphatic heterocycles. The van der Waals surface area contributed by atoms with E-state index >= 15 is 0 Å². The van der Waals surface area contributed by atoms with Gasteiger partial charge in [-0.05, 0) is 46.7 Å². The summed E-state index contributed by atoms with van der Waals surface area (Å²) in [6, 6.07) is 14.1. The summed E-state index contributed by atoms with van der Waals surface area (Å²) in [4.78, 5) is 15.3. The van der Waals surface area contributed by atoms with E-state index in [2.05, 4.69) is 41.4 Å². The molecule has 164 valence electrons. The molecule has 0 radical (unpaired) electrons. The third-order valence-electron chi connectivity index (χ3n) is 6.60. The lowest BCUT2D eigenvalue weighted by Gasteiger charge is -2.35. The Balaban J connectivity index is 1.96. The molecule has 5 rings (SSSR count). The third-order valence-corrected chi connectivity index (χ3v) is 7.42. The van der Waals surface area contributed by atoms with Crippen molar-refractivity contribution in [3.63, 3.8) is 0 Å². The van der Waals surface area contributed by atoms with Gasteiger partial charge in [0.15, 0.2) is 0 Å². The summed E-state index contributed by atoms with van der Waals surface area (Å²) in [6.07, 6.45) is 1.51. The van der Waals surface area contributed by atoms with Gasteiger partial charge in [0, 0.05) is 37.3 Å². The lowest BCUT2D eigenvalue weighted by Crippen LogP contribution is -2.44. The van der Waals surface area contributed by atoms with E-state index in [4.69, 9.17) is 28.9 Å². The van der Waals surface area contributed by atoms with Crippen LogP contribution in [0.5, 0.6) is 0 Å². The molecule has 0 saturated carbocycles. The van der Waals surface area contributed by atoms with Crippen LogP contribution in [0.15, 0.2) is 42.5 Å². The van der Waals surface area contributed by atoms with Gasteiger partial charge in [-0.2, -0.15) is 0 Å². The van der Waals surface area contributed by atoms with Crippen LogP contribution in [0, 0.1) is 0 Å². The van der Waals surface area contributed by atoms with Gasteiger partial charge >= 0.3 is 0 Å². The first-order chi connectivity index (χ1) is 15.5. The summed E-state index contributed by atoms with van der Waals surface area (Å²) >= 11 is 13.3. The predicted octanol–water partition coefficient (Wildman–Crippen LogP) is 5.30. The molecule has 0 atom stereocenters. The van der Waals surface area contributed by atoms with Crippen LogP contribution in [0.25, 0.3) is 22.3 Å². The second-order valence-corrected chi connectivity index (χ2v) is 9.11. The van der Waals surface area contributed by atoms with E-state index in [1.54, 1.807) is 6.07 Å². The van der Waals surface area contributed by atoms with Gasteiger partial charge in [0.2, 0.25) is 0 Å². The molecule has 2 aliphatic rings. The smallest absolute Gasteiger partial charge is 0.251 e. The first-order valence-electron chi connectivity index (χ1n) is 11.0. The predicted molar refractivity (Wildman–Crippen MR) is 133 cm³/mol. The number of benzene rings is 3. The van der Waals surface area contributed by atoms with E-state index < -0.39 is 5.91 Å². The van der Waals surface area contributed by atoms with Gasteiger partial charge in [-0.25, -0.2) is 0 Å². The van der Waals surface area contributed by atoms with Crippen LogP contribution >= 0.6 is 23.2 Å². The van der Waals surface area contributed by atoms with Gasteiger partial charge < -0.3 is 16.0 Å². The van der Waals surface area contributed by atoms with Crippen molar-refractivity contribution in [1.82, 2.24) is 5.32 Å². The number of carbonyl (C=O) groups excluding carboxylic acids is 1. The number of hydrogen-bond acceptors (Lipinski definition) is 3. The van der Waals surface area contributed by atoms with Crippen molar-refractivity contribution < 1.29 is 4.79 Å². The van der Waals surface area contributed by atoms with Crippen LogP contribution in [-0.2, 0) is 12.8 Å². The first-order valence-corrected chi connectivity index (χ1v) is 11.8. The molecular formula is C26H25Cl2N3O. The summed E-state index contributed by atoms with van der Waals surface area (Å²) in [5, 5.41) is 4.40. The molecule has 1 heterocycles. The number of nitrogens with two attached hydrogens (primary N) is 1. The number of carbonyl (C=O) groups is 1. The van der Waals surface area contributed by atoms with E-state index in [1.807, 2.05) is 12.1 Å². The fourth-order valence-electron chi connectivity index (χ4n) is 5.26. The minimum absolute atomic E-state index is 0.395. The fourth-order valence-corrected chi connectivity index (χ4v) is 5.65. The zero-order valence-electron chi connectivity index (χ0n) is 18.0. The Hall–Kier alpha value is -2.53. The molecule has 3 N–H and O–H groups in total. The molecule has 3 aromatic rings. The largest absolute Gasteiger partial charge is 0.368 e. The van der Waals surface area contributed by atoms with E-state index in [0.29, 0.717) is 15.6 Å². The summed E-state index contributed by atoms with van der Waals surface area (Å²) in [6.45, 7) is 5.36. The number of amides is 1. The van der Waals surface area contributed by atoms with Crippen molar-refractivity contribution in [3.05, 3.63) is 74.8 Å². The Kier molecular flexibility index (Phi) is 5.62. The normalized spacial score (nSPS) is 14.9. The number of nitrogens with zero attached hydrogens (tertiary/aromatic N) is 1. The second-order valence-electron chi connectivity index (χ2n) is 8.32. The molecule has 1 amide bonds. The number of fused-ring (bicyclic) bond motifs is 3. The molecule has 0 bridgehead atoms. The maximum absolute atomic E-state index is 13.0. The molecule has 1 aliphatic carbocycles. The van der Waals surface area contributed by atoms with Crippen LogP contribution in [0.4, 0.5) is 5.69 Å². The van der Waals surface area contributed by atoms with Gasteiger partial charge in [0.05, 0.1) is 21.3 Å². The Bertz CT molecular complexity index is 1230. The van der Waals surface area contributed by atoms with Gasteiger partial charge in [-0.1, -0.05) is 66.5 Å². The highest BCUT2D eigenvalue weighted by Gasteiger charge is 2.34. The number of primary amides is 1. The Labute approximate surface area is 198 Å². The number of rotatable bonds is 4. The maximum Gasteiger partial charge on any atom is 0.251 e. The lowest BCUT2D eigenvalue weighted by atomic mass is 9.84. The van der Waals surface area contributed by atoms with Gasteiger partial charge in [-0.15, -0.1) is 0 Å². The minimum atomic E-state index is -0.395. The standard InChI is InChI=1S/C26H25Cl2N3O/c1-2-16-19-14-15-6-3-4-7-17(15)21(19)22(18-8-5-9-20(27)24(18)28)25(23(16)26(29)32)31-12-10-30-11-13-31/h3-9,30H,2,10-14H2,1H3,(H2,29,32). The van der Waals surface area contributed by atoms with Crippen molar-refractivity contribution >= 4 is 34.8 Å². The van der Waals surface area contributed by atoms with E-state index in [-0.39, 0.29) is 0 Å². The number of piperazine rings is 1. The molecule has 0 unspecified atom stereocenters. The minimum Gasteiger partial charge on any atom is -0.368 e. The van der Waals surface area contributed by atoms with E-state index in [0.717, 1.165) is 67.0 Å². The number of anilines is 1. The molecule has 6 heteroatoms. The topological polar surface area (TPSA) is 58.4 Å². The van der Waals surface area contributed by atoms with Crippen LogP contribution in [0.2, 0.25) is 10.0 Å². The highest BCUT2D eigenvalue weighted by molar-refractivity contribution is 6.44. The number of nitrogens with one attached hydrogen (secondary N) is 1. The van der Waals surface area contributed by atoms with Crippen molar-refractivity contribution in [2.24, 2.45) is 5.73 Å². The molecule has 1 saturated heterocycles. The zero-order chi connectivity index (χ0) is 22.4. The molecular weight excluding hydrogens is 441 g/mol. The van der Waals surface area contributed by atoms with Crippen LogP contribution in [-0.4, -0.2) is 32.1 Å². The van der Waals surface area contributed by atoms with Gasteiger partial charge in [0.25, 0.3) is 5.91 Å². The zero-order valence-corrected chi connectivity index (χ0v) is 19.5. The highest BCUT2D eigenvalue weighted by atomic mass is 35.5. The molecule has 3 aromatic carbocycles. The van der Waals surface area contributed by atoms with Gasteiger partial charge in [0.1, 0.15) is 0 Å². The molecule has 4 nitrogen and oxygen atoms in total. The molecule has 0 aromatic heterocycles. The summed E-state index contributed by atoms with van der Waals surface area (Å²) in [5.74, 6) is -0.395. The Morgan fingerprint density at radius 1 is 1.03 bits per heavy atom. The van der Waals surface area contributed by atoms with E-state index in [9.17, 15) is 4.79 Å². The monoisotopic (exact) mass is 465 g/mol. The summed E-state index contributed by atoms with van der Waals surface area (Å²) < 4.78 is 0.